The van der Waals surface area contributed by atoms with Crippen LogP contribution in [0.5, 0.6) is 0 Å². The molecule has 0 N–H and O–H groups in total. The first-order valence-corrected chi connectivity index (χ1v) is 7.96. The predicted octanol–water partition coefficient (Wildman–Crippen LogP) is 2.28. The Labute approximate surface area is 119 Å². The van der Waals surface area contributed by atoms with Gasteiger partial charge in [-0.25, -0.2) is 0 Å². The van der Waals surface area contributed by atoms with Crippen LogP contribution in [0.15, 0.2) is 0 Å². The minimum atomic E-state index is 0.281. The molecule has 0 spiro atoms. The molecule has 0 radical (unpaired) electrons. The average Bonchev–Trinajstić information content (AvgIpc) is 2.35. The fraction of sp³-hybridized carbons (Fsp3) is 1.00. The molecule has 0 atom stereocenters. The van der Waals surface area contributed by atoms with E-state index in [1.807, 2.05) is 0 Å². The smallest absolute Gasteiger partial charge is 0.0283 e. The zero-order chi connectivity index (χ0) is 14.3. The van der Waals surface area contributed by atoms with Crippen LogP contribution in [0.25, 0.3) is 0 Å². The van der Waals surface area contributed by atoms with Crippen molar-refractivity contribution in [3.63, 3.8) is 0 Å². The summed E-state index contributed by atoms with van der Waals surface area (Å²) in [5, 5.41) is 0. The van der Waals surface area contributed by atoms with Gasteiger partial charge in [0.25, 0.3) is 0 Å². The molecule has 0 saturated carbocycles. The van der Waals surface area contributed by atoms with Crippen LogP contribution in [0.1, 0.15) is 47.5 Å². The first-order chi connectivity index (χ1) is 8.76. The Balaban J connectivity index is 2.02. The van der Waals surface area contributed by atoms with Crippen molar-refractivity contribution in [2.75, 3.05) is 39.8 Å². The summed E-state index contributed by atoms with van der Waals surface area (Å²) >= 11 is 0. The van der Waals surface area contributed by atoms with Crippen molar-refractivity contribution in [3.05, 3.63) is 0 Å². The number of likely N-dealkylation sites (N-methyl/N-ethyl adjacent to an activating group) is 1. The van der Waals surface area contributed by atoms with Gasteiger partial charge >= 0.3 is 0 Å². The second-order valence-corrected chi connectivity index (χ2v) is 7.75. The fourth-order valence-corrected chi connectivity index (χ4v) is 3.94. The van der Waals surface area contributed by atoms with Crippen molar-refractivity contribution in [2.24, 2.45) is 0 Å². The average molecular weight is 267 g/mol. The second kappa shape index (κ2) is 5.34. The third-order valence-electron chi connectivity index (χ3n) is 5.52. The molecule has 19 heavy (non-hydrogen) atoms. The van der Waals surface area contributed by atoms with Crippen molar-refractivity contribution in [1.82, 2.24) is 14.7 Å². The summed E-state index contributed by atoms with van der Waals surface area (Å²) in [6.07, 6.45) is 2.70. The van der Waals surface area contributed by atoms with E-state index in [4.69, 9.17) is 0 Å². The number of hydrogen-bond acceptors (Lipinski definition) is 3. The summed E-state index contributed by atoms with van der Waals surface area (Å²) in [6.45, 7) is 18.1. The lowest BCUT2D eigenvalue weighted by Crippen LogP contribution is -2.69. The summed E-state index contributed by atoms with van der Waals surface area (Å²) in [7, 11) is 2.29. The molecule has 2 rings (SSSR count). The Hall–Kier alpha value is -0.120. The number of piperazine rings is 1. The fourth-order valence-electron chi connectivity index (χ4n) is 3.94. The van der Waals surface area contributed by atoms with Gasteiger partial charge in [0.15, 0.2) is 0 Å². The SMILES string of the molecule is CCN1CCC(N2CC(C)(C)N(C)C(C)(C)C2)CC1. The van der Waals surface area contributed by atoms with Gasteiger partial charge in [0.2, 0.25) is 0 Å². The molecular formula is C16H33N3. The maximum absolute atomic E-state index is 2.77. The standard InChI is InChI=1S/C16H33N3/c1-7-18-10-8-14(9-11-18)19-12-15(2,3)17(6)16(4,5)13-19/h14H,7-13H2,1-6H3. The Bertz CT molecular complexity index is 285. The zero-order valence-electron chi connectivity index (χ0n) is 13.9. The van der Waals surface area contributed by atoms with Gasteiger partial charge in [-0.05, 0) is 67.2 Å². The van der Waals surface area contributed by atoms with E-state index in [2.05, 4.69) is 56.4 Å². The van der Waals surface area contributed by atoms with Crippen LogP contribution in [-0.4, -0.2) is 71.6 Å². The van der Waals surface area contributed by atoms with Crippen LogP contribution < -0.4 is 0 Å². The third-order valence-corrected chi connectivity index (χ3v) is 5.52. The van der Waals surface area contributed by atoms with Crippen LogP contribution >= 0.6 is 0 Å². The van der Waals surface area contributed by atoms with Gasteiger partial charge in [-0.1, -0.05) is 6.92 Å². The molecule has 3 nitrogen and oxygen atoms in total. The Morgan fingerprint density at radius 3 is 1.84 bits per heavy atom. The molecule has 112 valence electrons. The molecule has 0 amide bonds. The molecule has 3 heteroatoms. The van der Waals surface area contributed by atoms with E-state index in [0.29, 0.717) is 0 Å². The van der Waals surface area contributed by atoms with E-state index in [0.717, 1.165) is 6.04 Å². The van der Waals surface area contributed by atoms with Gasteiger partial charge in [0, 0.05) is 30.2 Å². The minimum Gasteiger partial charge on any atom is -0.303 e. The maximum atomic E-state index is 2.77. The highest BCUT2D eigenvalue weighted by atomic mass is 15.4. The molecule has 2 fully saturated rings. The molecular weight excluding hydrogens is 234 g/mol. The highest BCUT2D eigenvalue weighted by molar-refractivity contribution is 5.01. The Morgan fingerprint density at radius 2 is 1.42 bits per heavy atom. The maximum Gasteiger partial charge on any atom is 0.0283 e. The van der Waals surface area contributed by atoms with Crippen LogP contribution in [0.4, 0.5) is 0 Å². The third kappa shape index (κ3) is 3.14. The van der Waals surface area contributed by atoms with E-state index < -0.39 is 0 Å². The lowest BCUT2D eigenvalue weighted by molar-refractivity contribution is -0.0726. The van der Waals surface area contributed by atoms with Gasteiger partial charge in [-0.3, -0.25) is 9.80 Å². The molecule has 0 aliphatic carbocycles. The molecule has 0 bridgehead atoms. The first-order valence-electron chi connectivity index (χ1n) is 7.96. The molecule has 0 aromatic heterocycles. The lowest BCUT2D eigenvalue weighted by atomic mass is 9.86. The summed E-state index contributed by atoms with van der Waals surface area (Å²) < 4.78 is 0. The molecule has 2 heterocycles. The predicted molar refractivity (Wildman–Crippen MR) is 82.6 cm³/mol. The largest absolute Gasteiger partial charge is 0.303 e. The van der Waals surface area contributed by atoms with Crippen molar-refractivity contribution in [2.45, 2.75) is 64.6 Å². The zero-order valence-corrected chi connectivity index (χ0v) is 13.9. The van der Waals surface area contributed by atoms with E-state index in [9.17, 15) is 0 Å². The molecule has 2 aliphatic rings. The van der Waals surface area contributed by atoms with E-state index >= 15 is 0 Å². The summed E-state index contributed by atoms with van der Waals surface area (Å²) in [6, 6.07) is 0.801. The van der Waals surface area contributed by atoms with E-state index in [1.54, 1.807) is 0 Å². The van der Waals surface area contributed by atoms with Crippen molar-refractivity contribution < 1.29 is 0 Å². The normalized spacial score (nSPS) is 30.6. The van der Waals surface area contributed by atoms with E-state index in [-0.39, 0.29) is 11.1 Å². The number of piperidine rings is 1. The van der Waals surface area contributed by atoms with Crippen molar-refractivity contribution in [1.29, 1.82) is 0 Å². The second-order valence-electron chi connectivity index (χ2n) is 7.75. The Morgan fingerprint density at radius 1 is 0.947 bits per heavy atom. The molecule has 2 saturated heterocycles. The number of nitrogens with zero attached hydrogens (tertiary/aromatic N) is 3. The summed E-state index contributed by atoms with van der Waals surface area (Å²) in [4.78, 5) is 7.92. The quantitative estimate of drug-likeness (QED) is 0.760. The monoisotopic (exact) mass is 267 g/mol. The topological polar surface area (TPSA) is 9.72 Å². The highest BCUT2D eigenvalue weighted by Crippen LogP contribution is 2.33. The van der Waals surface area contributed by atoms with Crippen molar-refractivity contribution in [3.8, 4) is 0 Å². The number of likely N-dealkylation sites (tertiary alicyclic amines) is 1. The molecule has 0 aromatic carbocycles. The van der Waals surface area contributed by atoms with Crippen LogP contribution in [-0.2, 0) is 0 Å². The van der Waals surface area contributed by atoms with Crippen LogP contribution in [0.2, 0.25) is 0 Å². The first kappa shape index (κ1) is 15.3. The lowest BCUT2D eigenvalue weighted by Gasteiger charge is -2.57. The summed E-state index contributed by atoms with van der Waals surface area (Å²) in [5.41, 5.74) is 0.563. The van der Waals surface area contributed by atoms with E-state index in [1.165, 1.54) is 45.6 Å². The van der Waals surface area contributed by atoms with Crippen LogP contribution in [0, 0.1) is 0 Å². The molecule has 0 aromatic rings. The van der Waals surface area contributed by atoms with Crippen LogP contribution in [0.3, 0.4) is 0 Å². The molecule has 2 aliphatic heterocycles. The Kier molecular flexibility index (Phi) is 4.29. The number of hydrogen-bond donors (Lipinski definition) is 0. The highest BCUT2D eigenvalue weighted by Gasteiger charge is 2.44. The van der Waals surface area contributed by atoms with Gasteiger partial charge in [0.05, 0.1) is 0 Å². The van der Waals surface area contributed by atoms with Crippen molar-refractivity contribution >= 4 is 0 Å². The summed E-state index contributed by atoms with van der Waals surface area (Å²) in [5.74, 6) is 0. The van der Waals surface area contributed by atoms with Gasteiger partial charge < -0.3 is 4.90 Å². The van der Waals surface area contributed by atoms with Gasteiger partial charge in [-0.2, -0.15) is 0 Å². The van der Waals surface area contributed by atoms with Gasteiger partial charge in [0.1, 0.15) is 0 Å². The molecule has 0 unspecified atom stereocenters. The van der Waals surface area contributed by atoms with Gasteiger partial charge in [-0.15, -0.1) is 0 Å². The minimum absolute atomic E-state index is 0.281. The number of rotatable bonds is 2.